The molecule has 0 amide bonds. The summed E-state index contributed by atoms with van der Waals surface area (Å²) >= 11 is 0. The predicted octanol–water partition coefficient (Wildman–Crippen LogP) is 6.78. The van der Waals surface area contributed by atoms with Crippen LogP contribution in [0.25, 0.3) is 10.9 Å². The molecule has 5 rings (SSSR count). The van der Waals surface area contributed by atoms with E-state index in [1.807, 2.05) is 62.4 Å². The lowest BCUT2D eigenvalue weighted by molar-refractivity contribution is -0.120. The van der Waals surface area contributed by atoms with E-state index in [4.69, 9.17) is 4.74 Å². The van der Waals surface area contributed by atoms with Crippen LogP contribution in [0.1, 0.15) is 22.4 Å². The Bertz CT molecular complexity index is 1480. The smallest absolute Gasteiger partial charge is 0.145 e. The number of Topliss-reactive ketones (excluding diaryl/α,β-unsaturated/α-hetero) is 1. The van der Waals surface area contributed by atoms with Crippen LogP contribution in [0.2, 0.25) is 0 Å². The third-order valence-corrected chi connectivity index (χ3v) is 8.62. The normalized spacial score (nSPS) is 13.5. The van der Waals surface area contributed by atoms with Crippen LogP contribution in [-0.2, 0) is 11.2 Å². The number of pyridine rings is 2. The number of anilines is 2. The van der Waals surface area contributed by atoms with Gasteiger partial charge in [-0.15, -0.1) is 0 Å². The van der Waals surface area contributed by atoms with Crippen LogP contribution < -0.4 is 10.1 Å². The lowest BCUT2D eigenvalue weighted by atomic mass is 9.98. The van der Waals surface area contributed by atoms with E-state index < -0.39 is 0 Å². The van der Waals surface area contributed by atoms with Gasteiger partial charge < -0.3 is 10.1 Å². The van der Waals surface area contributed by atoms with E-state index in [0.29, 0.717) is 23.4 Å². The van der Waals surface area contributed by atoms with Crippen molar-refractivity contribution < 1.29 is 9.53 Å². The zero-order valence-electron chi connectivity index (χ0n) is 19.9. The number of carbonyl (C=O) groups is 1. The Morgan fingerprint density at radius 2 is 1.92 bits per heavy atom. The van der Waals surface area contributed by atoms with Gasteiger partial charge in [0, 0.05) is 46.8 Å². The lowest BCUT2D eigenvalue weighted by Gasteiger charge is -2.15. The Morgan fingerprint density at radius 3 is 2.64 bits per heavy atom. The molecule has 4 aromatic rings. The number of rotatable bonds is 7. The van der Waals surface area contributed by atoms with Crippen LogP contribution in [0.3, 0.4) is 0 Å². The second-order valence-corrected chi connectivity index (χ2v) is 11.3. The van der Waals surface area contributed by atoms with Gasteiger partial charge in [-0.05, 0) is 67.4 Å². The van der Waals surface area contributed by atoms with Crippen molar-refractivity contribution in [1.82, 2.24) is 9.97 Å². The van der Waals surface area contributed by atoms with Crippen molar-refractivity contribution >= 4 is 49.6 Å². The first-order chi connectivity index (χ1) is 17.5. The van der Waals surface area contributed by atoms with Gasteiger partial charge in [0.2, 0.25) is 0 Å². The molecule has 0 spiro atoms. The Kier molecular flexibility index (Phi) is 7.12. The Balaban J connectivity index is 1.42. The molecule has 0 radical (unpaired) electrons. The predicted molar refractivity (Wildman–Crippen MR) is 147 cm³/mol. The van der Waals surface area contributed by atoms with Crippen LogP contribution in [0.4, 0.5) is 11.4 Å². The molecule has 180 valence electrons. The number of aromatic nitrogens is 2. The third kappa shape index (κ3) is 5.32. The molecule has 6 nitrogen and oxygen atoms in total. The van der Waals surface area contributed by atoms with Crippen molar-refractivity contribution in [3.8, 4) is 17.6 Å². The lowest BCUT2D eigenvalue weighted by Crippen LogP contribution is -2.18. The minimum atomic E-state index is 0.108. The van der Waals surface area contributed by atoms with Crippen molar-refractivity contribution in [1.29, 1.82) is 5.26 Å². The third-order valence-electron chi connectivity index (χ3n) is 6.06. The highest BCUT2D eigenvalue weighted by Crippen LogP contribution is 2.36. The fourth-order valence-electron chi connectivity index (χ4n) is 4.04. The SMILES string of the molecule is Cc1ccc(Oc2ccc(Nc3c(C#N)cnc4ccc(CC(=O)C5CSSC5)cc34)cc2C)cn1. The Hall–Kier alpha value is -3.54. The number of carbonyl (C=O) groups excluding carboxylic acids is 1. The number of ether oxygens (including phenoxy) is 1. The number of hydrogen-bond donors (Lipinski definition) is 1. The van der Waals surface area contributed by atoms with Gasteiger partial charge >= 0.3 is 0 Å². The molecule has 8 heteroatoms. The first-order valence-electron chi connectivity index (χ1n) is 11.6. The number of ketones is 1. The molecule has 0 atom stereocenters. The zero-order chi connectivity index (χ0) is 25.1. The van der Waals surface area contributed by atoms with Gasteiger partial charge in [-0.25, -0.2) is 0 Å². The quantitative estimate of drug-likeness (QED) is 0.271. The van der Waals surface area contributed by atoms with Crippen molar-refractivity contribution in [2.24, 2.45) is 5.92 Å². The van der Waals surface area contributed by atoms with Crippen molar-refractivity contribution in [2.75, 3.05) is 16.8 Å². The molecule has 0 aliphatic carbocycles. The van der Waals surface area contributed by atoms with E-state index in [9.17, 15) is 10.1 Å². The van der Waals surface area contributed by atoms with Gasteiger partial charge in [-0.1, -0.05) is 27.7 Å². The number of nitrogens with one attached hydrogen (secondary N) is 1. The van der Waals surface area contributed by atoms with Gasteiger partial charge in [-0.3, -0.25) is 14.8 Å². The Morgan fingerprint density at radius 1 is 1.08 bits per heavy atom. The van der Waals surface area contributed by atoms with E-state index in [2.05, 4.69) is 21.4 Å². The van der Waals surface area contributed by atoms with E-state index in [1.54, 1.807) is 34.0 Å². The molecule has 1 fully saturated rings. The number of hydrogen-bond acceptors (Lipinski definition) is 8. The molecule has 3 heterocycles. The highest BCUT2D eigenvalue weighted by Gasteiger charge is 2.24. The summed E-state index contributed by atoms with van der Waals surface area (Å²) in [6.45, 7) is 3.91. The van der Waals surface area contributed by atoms with E-state index in [1.165, 1.54) is 0 Å². The summed E-state index contributed by atoms with van der Waals surface area (Å²) in [6, 6.07) is 17.7. The van der Waals surface area contributed by atoms with Crippen molar-refractivity contribution in [3.05, 3.63) is 83.3 Å². The van der Waals surface area contributed by atoms with Crippen molar-refractivity contribution in [2.45, 2.75) is 20.3 Å². The maximum Gasteiger partial charge on any atom is 0.145 e. The van der Waals surface area contributed by atoms with E-state index in [-0.39, 0.29) is 11.7 Å². The highest BCUT2D eigenvalue weighted by atomic mass is 33.1. The molecule has 36 heavy (non-hydrogen) atoms. The summed E-state index contributed by atoms with van der Waals surface area (Å²) in [5.41, 5.74) is 5.52. The molecule has 0 unspecified atom stereocenters. The first kappa shape index (κ1) is 24.2. The second-order valence-electron chi connectivity index (χ2n) is 8.76. The summed E-state index contributed by atoms with van der Waals surface area (Å²) < 4.78 is 5.99. The van der Waals surface area contributed by atoms with Gasteiger partial charge in [0.15, 0.2) is 0 Å². The Labute approximate surface area is 217 Å². The van der Waals surface area contributed by atoms with Crippen LogP contribution in [0, 0.1) is 31.1 Å². The van der Waals surface area contributed by atoms with Gasteiger partial charge in [0.25, 0.3) is 0 Å². The van der Waals surface area contributed by atoms with Gasteiger partial charge in [0.1, 0.15) is 23.4 Å². The zero-order valence-corrected chi connectivity index (χ0v) is 21.6. The molecule has 1 saturated heterocycles. The largest absolute Gasteiger partial charge is 0.455 e. The molecule has 1 aliphatic rings. The molecule has 1 aliphatic heterocycles. The number of nitrogens with zero attached hydrogens (tertiary/aromatic N) is 3. The van der Waals surface area contributed by atoms with Crippen molar-refractivity contribution in [3.63, 3.8) is 0 Å². The van der Waals surface area contributed by atoms with Gasteiger partial charge in [0.05, 0.1) is 23.0 Å². The summed E-state index contributed by atoms with van der Waals surface area (Å²) in [5.74, 6) is 3.54. The standard InChI is InChI=1S/C28H24N4O2S2/c1-17-9-22(5-8-27(17)34-23-6-3-18(2)30-14-23)32-28-20(12-29)13-31-25-7-4-19(10-24(25)28)11-26(33)21-15-35-36-16-21/h3-10,13-14,21H,11,15-16H2,1-2H3,(H,31,32). The number of nitriles is 1. The average molecular weight is 513 g/mol. The first-order valence-corrected chi connectivity index (χ1v) is 14.1. The van der Waals surface area contributed by atoms with Crippen LogP contribution >= 0.6 is 21.6 Å². The number of fused-ring (bicyclic) bond motifs is 1. The van der Waals surface area contributed by atoms with Crippen LogP contribution in [0.15, 0.2) is 60.9 Å². The number of aryl methyl sites for hydroxylation is 2. The molecular weight excluding hydrogens is 488 g/mol. The summed E-state index contributed by atoms with van der Waals surface area (Å²) in [5, 5.41) is 14.0. The fourth-order valence-corrected chi connectivity index (χ4v) is 6.88. The minimum Gasteiger partial charge on any atom is -0.455 e. The molecule has 0 saturated carbocycles. The fraction of sp³-hybridized carbons (Fsp3) is 0.214. The second kappa shape index (κ2) is 10.6. The van der Waals surface area contributed by atoms with Crippen LogP contribution in [-0.4, -0.2) is 27.3 Å². The van der Waals surface area contributed by atoms with Crippen LogP contribution in [0.5, 0.6) is 11.5 Å². The summed E-state index contributed by atoms with van der Waals surface area (Å²) in [7, 11) is 3.53. The van der Waals surface area contributed by atoms with Gasteiger partial charge in [-0.2, -0.15) is 5.26 Å². The molecule has 1 N–H and O–H groups in total. The summed E-state index contributed by atoms with van der Waals surface area (Å²) in [6.07, 6.45) is 3.67. The highest BCUT2D eigenvalue weighted by molar-refractivity contribution is 8.77. The monoisotopic (exact) mass is 512 g/mol. The average Bonchev–Trinajstić information content (AvgIpc) is 3.43. The maximum absolute atomic E-state index is 12.7. The molecule has 2 aromatic carbocycles. The minimum absolute atomic E-state index is 0.108. The van der Waals surface area contributed by atoms with E-state index >= 15 is 0 Å². The number of benzene rings is 2. The van der Waals surface area contributed by atoms with E-state index in [0.717, 1.165) is 50.7 Å². The topological polar surface area (TPSA) is 87.9 Å². The molecule has 0 bridgehead atoms. The maximum atomic E-state index is 12.7. The molecule has 2 aromatic heterocycles. The summed E-state index contributed by atoms with van der Waals surface area (Å²) in [4.78, 5) is 21.5. The molecular formula is C28H24N4O2S2.